The molecule has 1 saturated carbocycles. The molecule has 2 atom stereocenters. The summed E-state index contributed by atoms with van der Waals surface area (Å²) in [5, 5.41) is 0. The van der Waals surface area contributed by atoms with Gasteiger partial charge in [-0.15, -0.1) is 11.3 Å². The Morgan fingerprint density at radius 3 is 2.82 bits per heavy atom. The van der Waals surface area contributed by atoms with Crippen molar-refractivity contribution in [3.05, 3.63) is 40.1 Å². The van der Waals surface area contributed by atoms with Gasteiger partial charge in [-0.25, -0.2) is 4.98 Å². The molecule has 28 heavy (non-hydrogen) atoms. The first-order valence-electron chi connectivity index (χ1n) is 10.1. The van der Waals surface area contributed by atoms with Crippen molar-refractivity contribution in [2.75, 3.05) is 26.2 Å². The number of hydrogen-bond acceptors (Lipinski definition) is 4. The Bertz CT molecular complexity index is 930. The maximum Gasteiger partial charge on any atom is 0.263 e. The second-order valence-electron chi connectivity index (χ2n) is 8.71. The molecule has 4 heterocycles. The molecule has 7 heteroatoms. The van der Waals surface area contributed by atoms with E-state index < -0.39 is 5.41 Å². The molecule has 0 N–H and O–H groups in total. The van der Waals surface area contributed by atoms with Crippen molar-refractivity contribution in [1.82, 2.24) is 19.4 Å². The molecule has 2 aromatic heterocycles. The van der Waals surface area contributed by atoms with Gasteiger partial charge in [-0.1, -0.05) is 0 Å². The number of aryl methyl sites for hydroxylation is 2. The van der Waals surface area contributed by atoms with E-state index in [0.29, 0.717) is 19.0 Å². The van der Waals surface area contributed by atoms with Crippen molar-refractivity contribution in [3.63, 3.8) is 0 Å². The van der Waals surface area contributed by atoms with Gasteiger partial charge in [0.15, 0.2) is 0 Å². The number of nitrogens with zero attached hydrogens (tertiary/aromatic N) is 4. The number of carbonyl (C=O) groups excluding carboxylic acids is 2. The molecule has 3 aliphatic rings. The third kappa shape index (κ3) is 2.87. The SMILES string of the molecule is Cc1ccc(C(=O)N2CC(c3cn(C)cn3)C3(CCN(CC4CC4)C3=O)C2)s1. The minimum Gasteiger partial charge on any atom is -0.342 e. The lowest BCUT2D eigenvalue weighted by Gasteiger charge is -2.27. The molecule has 0 bridgehead atoms. The highest BCUT2D eigenvalue weighted by molar-refractivity contribution is 7.13. The molecule has 1 spiro atoms. The summed E-state index contributed by atoms with van der Waals surface area (Å²) in [5.74, 6) is 0.924. The van der Waals surface area contributed by atoms with E-state index in [2.05, 4.69) is 9.88 Å². The summed E-state index contributed by atoms with van der Waals surface area (Å²) in [6.45, 7) is 4.77. The van der Waals surface area contributed by atoms with Crippen LogP contribution in [0.3, 0.4) is 0 Å². The van der Waals surface area contributed by atoms with Crippen LogP contribution < -0.4 is 0 Å². The standard InChI is InChI=1S/C21H26N4O2S/c1-14-3-6-18(28-14)19(26)25-10-16(17-11-23(2)13-22-17)21(12-25)7-8-24(20(21)27)9-15-4-5-15/h3,6,11,13,15-16H,4-5,7-10,12H2,1-2H3. The Kier molecular flexibility index (Phi) is 4.12. The van der Waals surface area contributed by atoms with E-state index in [-0.39, 0.29) is 17.7 Å². The van der Waals surface area contributed by atoms with Crippen LogP contribution in [0.2, 0.25) is 0 Å². The molecule has 2 saturated heterocycles. The van der Waals surface area contributed by atoms with Gasteiger partial charge in [0.2, 0.25) is 5.91 Å². The number of likely N-dealkylation sites (tertiary alicyclic amines) is 2. The number of hydrogen-bond donors (Lipinski definition) is 0. The van der Waals surface area contributed by atoms with Gasteiger partial charge in [0, 0.05) is 50.2 Å². The number of aromatic nitrogens is 2. The largest absolute Gasteiger partial charge is 0.342 e. The van der Waals surface area contributed by atoms with Gasteiger partial charge < -0.3 is 14.4 Å². The molecular formula is C21H26N4O2S. The quantitative estimate of drug-likeness (QED) is 0.796. The van der Waals surface area contributed by atoms with E-state index in [4.69, 9.17) is 0 Å². The molecule has 2 aromatic rings. The maximum absolute atomic E-state index is 13.5. The molecule has 3 fully saturated rings. The van der Waals surface area contributed by atoms with Gasteiger partial charge >= 0.3 is 0 Å². The van der Waals surface area contributed by atoms with E-state index in [1.165, 1.54) is 24.2 Å². The third-order valence-electron chi connectivity index (χ3n) is 6.58. The zero-order valence-corrected chi connectivity index (χ0v) is 17.2. The summed E-state index contributed by atoms with van der Waals surface area (Å²) >= 11 is 1.53. The molecule has 2 amide bonds. The summed E-state index contributed by atoms with van der Waals surface area (Å²) in [6.07, 6.45) is 7.09. The molecular weight excluding hydrogens is 372 g/mol. The van der Waals surface area contributed by atoms with Crippen LogP contribution in [0.15, 0.2) is 24.7 Å². The first-order valence-corrected chi connectivity index (χ1v) is 10.9. The van der Waals surface area contributed by atoms with Crippen LogP contribution in [0.5, 0.6) is 0 Å². The lowest BCUT2D eigenvalue weighted by atomic mass is 9.75. The Balaban J connectivity index is 1.46. The molecule has 2 aliphatic heterocycles. The molecule has 1 aliphatic carbocycles. The van der Waals surface area contributed by atoms with Crippen molar-refractivity contribution in [2.24, 2.45) is 18.4 Å². The van der Waals surface area contributed by atoms with E-state index in [1.54, 1.807) is 6.33 Å². The second kappa shape index (κ2) is 6.44. The highest BCUT2D eigenvalue weighted by atomic mass is 32.1. The average Bonchev–Trinajstić information content (AvgIpc) is 3.01. The van der Waals surface area contributed by atoms with Gasteiger partial charge in [0.1, 0.15) is 0 Å². The van der Waals surface area contributed by atoms with Gasteiger partial charge in [-0.3, -0.25) is 9.59 Å². The fourth-order valence-corrected chi connectivity index (χ4v) is 5.71. The van der Waals surface area contributed by atoms with Crippen LogP contribution in [0, 0.1) is 18.3 Å². The van der Waals surface area contributed by atoms with Crippen molar-refractivity contribution in [1.29, 1.82) is 0 Å². The smallest absolute Gasteiger partial charge is 0.263 e. The van der Waals surface area contributed by atoms with Crippen molar-refractivity contribution >= 4 is 23.2 Å². The van der Waals surface area contributed by atoms with Crippen LogP contribution in [0.25, 0.3) is 0 Å². The first kappa shape index (κ1) is 17.9. The Morgan fingerprint density at radius 2 is 2.18 bits per heavy atom. The van der Waals surface area contributed by atoms with Crippen LogP contribution >= 0.6 is 11.3 Å². The molecule has 0 aromatic carbocycles. The summed E-state index contributed by atoms with van der Waals surface area (Å²) in [4.78, 5) is 37.1. The molecule has 6 nitrogen and oxygen atoms in total. The third-order valence-corrected chi connectivity index (χ3v) is 7.57. The van der Waals surface area contributed by atoms with E-state index >= 15 is 0 Å². The predicted octanol–water partition coefficient (Wildman–Crippen LogP) is 2.66. The number of imidazole rings is 1. The minimum atomic E-state index is -0.523. The van der Waals surface area contributed by atoms with Crippen LogP contribution in [-0.4, -0.2) is 57.3 Å². The molecule has 2 unspecified atom stereocenters. The highest BCUT2D eigenvalue weighted by Gasteiger charge is 2.59. The topological polar surface area (TPSA) is 58.4 Å². The Morgan fingerprint density at radius 1 is 1.36 bits per heavy atom. The van der Waals surface area contributed by atoms with Crippen molar-refractivity contribution < 1.29 is 9.59 Å². The predicted molar refractivity (Wildman–Crippen MR) is 107 cm³/mol. The first-order chi connectivity index (χ1) is 13.5. The maximum atomic E-state index is 13.5. The zero-order valence-electron chi connectivity index (χ0n) is 16.4. The second-order valence-corrected chi connectivity index (χ2v) is 10.0. The lowest BCUT2D eigenvalue weighted by molar-refractivity contribution is -0.136. The van der Waals surface area contributed by atoms with E-state index in [0.717, 1.165) is 35.0 Å². The number of thiophene rings is 1. The summed E-state index contributed by atoms with van der Waals surface area (Å²) in [7, 11) is 1.95. The van der Waals surface area contributed by atoms with E-state index in [9.17, 15) is 9.59 Å². The fourth-order valence-electron chi connectivity index (χ4n) is 4.87. The molecule has 148 valence electrons. The number of amides is 2. The number of carbonyl (C=O) groups is 2. The van der Waals surface area contributed by atoms with Gasteiger partial charge in [-0.2, -0.15) is 0 Å². The Hall–Kier alpha value is -2.15. The van der Waals surface area contributed by atoms with Crippen molar-refractivity contribution in [2.45, 2.75) is 32.1 Å². The van der Waals surface area contributed by atoms with Crippen LogP contribution in [-0.2, 0) is 11.8 Å². The van der Waals surface area contributed by atoms with E-state index in [1.807, 2.05) is 41.8 Å². The zero-order chi connectivity index (χ0) is 19.5. The average molecular weight is 399 g/mol. The normalized spacial score (nSPS) is 27.4. The number of rotatable bonds is 4. The van der Waals surface area contributed by atoms with Crippen LogP contribution in [0.4, 0.5) is 0 Å². The summed E-state index contributed by atoms with van der Waals surface area (Å²) in [5.41, 5.74) is 0.410. The Labute approximate surface area is 169 Å². The lowest BCUT2D eigenvalue weighted by Crippen LogP contribution is -2.41. The van der Waals surface area contributed by atoms with Gasteiger partial charge in [0.05, 0.1) is 22.3 Å². The van der Waals surface area contributed by atoms with Crippen molar-refractivity contribution in [3.8, 4) is 0 Å². The molecule has 5 rings (SSSR count). The molecule has 0 radical (unpaired) electrons. The van der Waals surface area contributed by atoms with Gasteiger partial charge in [-0.05, 0) is 44.2 Å². The van der Waals surface area contributed by atoms with Crippen LogP contribution in [0.1, 0.15) is 45.4 Å². The minimum absolute atomic E-state index is 0.0320. The highest BCUT2D eigenvalue weighted by Crippen LogP contribution is 2.50. The summed E-state index contributed by atoms with van der Waals surface area (Å²) in [6, 6.07) is 3.89. The monoisotopic (exact) mass is 398 g/mol. The van der Waals surface area contributed by atoms with Gasteiger partial charge in [0.25, 0.3) is 5.91 Å². The fraction of sp³-hybridized carbons (Fsp3) is 0.571. The summed E-state index contributed by atoms with van der Waals surface area (Å²) < 4.78 is 1.93.